The van der Waals surface area contributed by atoms with Gasteiger partial charge in [0.15, 0.2) is 0 Å². The van der Waals surface area contributed by atoms with Crippen molar-refractivity contribution in [3.05, 3.63) is 65.7 Å². The third-order valence-corrected chi connectivity index (χ3v) is 3.54. The molecule has 1 amide bonds. The van der Waals surface area contributed by atoms with Gasteiger partial charge in [-0.15, -0.1) is 0 Å². The summed E-state index contributed by atoms with van der Waals surface area (Å²) >= 11 is 0. The molecule has 0 unspecified atom stereocenters. The number of carbonyl (C=O) groups excluding carboxylic acids is 1. The molecule has 0 saturated carbocycles. The molecule has 2 aromatic rings. The average molecular weight is 306 g/mol. The SMILES string of the molecule is CC(=O)NN=Cc1ccc(N2CCC(c3ccccc3)=N2)cc1. The van der Waals surface area contributed by atoms with E-state index in [2.05, 4.69) is 22.7 Å². The van der Waals surface area contributed by atoms with Crippen molar-refractivity contribution in [2.45, 2.75) is 13.3 Å². The zero-order chi connectivity index (χ0) is 16.1. The maximum atomic E-state index is 10.8. The molecular formula is C18H18N4O. The fourth-order valence-electron chi connectivity index (χ4n) is 2.41. The summed E-state index contributed by atoms with van der Waals surface area (Å²) in [5.41, 5.74) is 6.65. The van der Waals surface area contributed by atoms with Crippen LogP contribution in [0.2, 0.25) is 0 Å². The van der Waals surface area contributed by atoms with E-state index < -0.39 is 0 Å². The largest absolute Gasteiger partial charge is 0.274 e. The van der Waals surface area contributed by atoms with Gasteiger partial charge in [0.05, 0.1) is 17.6 Å². The smallest absolute Gasteiger partial charge is 0.236 e. The molecular weight excluding hydrogens is 288 g/mol. The van der Waals surface area contributed by atoms with E-state index in [0.29, 0.717) is 0 Å². The number of hydrogen-bond donors (Lipinski definition) is 1. The monoisotopic (exact) mass is 306 g/mol. The van der Waals surface area contributed by atoms with Gasteiger partial charge in [-0.25, -0.2) is 5.43 Å². The van der Waals surface area contributed by atoms with Crippen LogP contribution < -0.4 is 10.4 Å². The lowest BCUT2D eigenvalue weighted by Crippen LogP contribution is -2.12. The van der Waals surface area contributed by atoms with Crippen molar-refractivity contribution in [3.63, 3.8) is 0 Å². The van der Waals surface area contributed by atoms with Crippen LogP contribution in [0.1, 0.15) is 24.5 Å². The van der Waals surface area contributed by atoms with E-state index in [1.165, 1.54) is 12.5 Å². The quantitative estimate of drug-likeness (QED) is 0.697. The Bertz CT molecular complexity index is 735. The fourth-order valence-corrected chi connectivity index (χ4v) is 2.41. The summed E-state index contributed by atoms with van der Waals surface area (Å²) in [6.07, 6.45) is 2.56. The Kier molecular flexibility index (Phi) is 4.47. The Labute approximate surface area is 135 Å². The maximum Gasteiger partial charge on any atom is 0.236 e. The summed E-state index contributed by atoms with van der Waals surface area (Å²) in [7, 11) is 0. The van der Waals surface area contributed by atoms with E-state index in [4.69, 9.17) is 5.10 Å². The molecule has 0 spiro atoms. The molecule has 0 aliphatic carbocycles. The number of amides is 1. The predicted molar refractivity (Wildman–Crippen MR) is 92.8 cm³/mol. The number of nitrogens with one attached hydrogen (secondary N) is 1. The Morgan fingerprint density at radius 1 is 1.17 bits per heavy atom. The summed E-state index contributed by atoms with van der Waals surface area (Å²) in [6, 6.07) is 18.2. The second-order valence-corrected chi connectivity index (χ2v) is 5.30. The van der Waals surface area contributed by atoms with Gasteiger partial charge in [-0.3, -0.25) is 9.80 Å². The second kappa shape index (κ2) is 6.87. The van der Waals surface area contributed by atoms with Crippen molar-refractivity contribution in [1.29, 1.82) is 0 Å². The number of carbonyl (C=O) groups is 1. The van der Waals surface area contributed by atoms with E-state index in [0.717, 1.165) is 29.9 Å². The van der Waals surface area contributed by atoms with Crippen molar-refractivity contribution >= 4 is 23.5 Å². The van der Waals surface area contributed by atoms with Gasteiger partial charge in [0.25, 0.3) is 0 Å². The van der Waals surface area contributed by atoms with Crippen LogP contribution in [0, 0.1) is 0 Å². The van der Waals surface area contributed by atoms with Gasteiger partial charge < -0.3 is 0 Å². The third kappa shape index (κ3) is 3.83. The molecule has 23 heavy (non-hydrogen) atoms. The van der Waals surface area contributed by atoms with Crippen LogP contribution in [0.15, 0.2) is 64.8 Å². The van der Waals surface area contributed by atoms with Crippen molar-refractivity contribution in [1.82, 2.24) is 5.43 Å². The molecule has 0 bridgehead atoms. The highest BCUT2D eigenvalue weighted by Crippen LogP contribution is 2.21. The first-order valence-electron chi connectivity index (χ1n) is 7.52. The van der Waals surface area contributed by atoms with Gasteiger partial charge >= 0.3 is 0 Å². The van der Waals surface area contributed by atoms with Gasteiger partial charge in [0, 0.05) is 19.9 Å². The highest BCUT2D eigenvalue weighted by molar-refractivity contribution is 6.02. The molecule has 1 aliphatic rings. The number of hydrazone groups is 2. The molecule has 2 aromatic carbocycles. The molecule has 0 atom stereocenters. The lowest BCUT2D eigenvalue weighted by molar-refractivity contribution is -0.118. The predicted octanol–water partition coefficient (Wildman–Crippen LogP) is 2.77. The van der Waals surface area contributed by atoms with E-state index >= 15 is 0 Å². The fraction of sp³-hybridized carbons (Fsp3) is 0.167. The molecule has 0 radical (unpaired) electrons. The zero-order valence-electron chi connectivity index (χ0n) is 12.9. The van der Waals surface area contributed by atoms with Gasteiger partial charge in [-0.2, -0.15) is 10.2 Å². The minimum atomic E-state index is -0.183. The highest BCUT2D eigenvalue weighted by Gasteiger charge is 2.16. The molecule has 1 N–H and O–H groups in total. The Morgan fingerprint density at radius 3 is 2.61 bits per heavy atom. The van der Waals surface area contributed by atoms with E-state index in [1.54, 1.807) is 6.21 Å². The van der Waals surface area contributed by atoms with Crippen LogP contribution >= 0.6 is 0 Å². The molecule has 0 fully saturated rings. The molecule has 3 rings (SSSR count). The Balaban J connectivity index is 1.70. The maximum absolute atomic E-state index is 10.8. The summed E-state index contributed by atoms with van der Waals surface area (Å²) < 4.78 is 0. The number of anilines is 1. The van der Waals surface area contributed by atoms with Gasteiger partial charge in [-0.1, -0.05) is 42.5 Å². The van der Waals surface area contributed by atoms with E-state index in [-0.39, 0.29) is 5.91 Å². The van der Waals surface area contributed by atoms with Gasteiger partial charge in [-0.05, 0) is 23.3 Å². The molecule has 5 nitrogen and oxygen atoms in total. The van der Waals surface area contributed by atoms with Crippen LogP contribution in [-0.2, 0) is 4.79 Å². The van der Waals surface area contributed by atoms with Crippen LogP contribution in [0.3, 0.4) is 0 Å². The zero-order valence-corrected chi connectivity index (χ0v) is 12.9. The summed E-state index contributed by atoms with van der Waals surface area (Å²) in [5, 5.41) is 10.6. The molecule has 5 heteroatoms. The second-order valence-electron chi connectivity index (χ2n) is 5.30. The summed E-state index contributed by atoms with van der Waals surface area (Å²) in [4.78, 5) is 10.8. The average Bonchev–Trinajstić information content (AvgIpc) is 3.06. The van der Waals surface area contributed by atoms with Crippen LogP contribution in [0.4, 0.5) is 5.69 Å². The first kappa shape index (κ1) is 15.0. The minimum absolute atomic E-state index is 0.183. The Hall–Kier alpha value is -2.95. The van der Waals surface area contributed by atoms with E-state index in [9.17, 15) is 4.79 Å². The first-order valence-corrected chi connectivity index (χ1v) is 7.52. The highest BCUT2D eigenvalue weighted by atomic mass is 16.2. The molecule has 116 valence electrons. The van der Waals surface area contributed by atoms with Crippen LogP contribution in [-0.4, -0.2) is 24.4 Å². The third-order valence-electron chi connectivity index (χ3n) is 3.54. The van der Waals surface area contributed by atoms with Gasteiger partial charge in [0.2, 0.25) is 5.91 Å². The van der Waals surface area contributed by atoms with Crippen molar-refractivity contribution in [3.8, 4) is 0 Å². The van der Waals surface area contributed by atoms with Gasteiger partial charge in [0.1, 0.15) is 0 Å². The molecule has 0 aromatic heterocycles. The van der Waals surface area contributed by atoms with Crippen molar-refractivity contribution in [2.75, 3.05) is 11.6 Å². The Morgan fingerprint density at radius 2 is 1.91 bits per heavy atom. The summed E-state index contributed by atoms with van der Waals surface area (Å²) in [6.45, 7) is 2.31. The van der Waals surface area contributed by atoms with Crippen molar-refractivity contribution < 1.29 is 4.79 Å². The minimum Gasteiger partial charge on any atom is -0.274 e. The van der Waals surface area contributed by atoms with Crippen molar-refractivity contribution in [2.24, 2.45) is 10.2 Å². The molecule has 1 heterocycles. The van der Waals surface area contributed by atoms with Crippen LogP contribution in [0.25, 0.3) is 0 Å². The molecule has 0 saturated heterocycles. The normalized spacial score (nSPS) is 14.1. The summed E-state index contributed by atoms with van der Waals surface area (Å²) in [5.74, 6) is -0.183. The standard InChI is InChI=1S/C18H18N4O/c1-14(23)20-19-13-15-7-9-17(10-8-15)22-12-11-18(21-22)16-5-3-2-4-6-16/h2-10,13H,11-12H2,1H3,(H,20,23). The number of nitrogens with zero attached hydrogens (tertiary/aromatic N) is 3. The number of hydrogen-bond acceptors (Lipinski definition) is 4. The molecule has 1 aliphatic heterocycles. The van der Waals surface area contributed by atoms with E-state index in [1.807, 2.05) is 47.5 Å². The topological polar surface area (TPSA) is 57.1 Å². The lowest BCUT2D eigenvalue weighted by atomic mass is 10.1. The van der Waals surface area contributed by atoms with Crippen LogP contribution in [0.5, 0.6) is 0 Å². The first-order chi connectivity index (χ1) is 11.2. The lowest BCUT2D eigenvalue weighted by Gasteiger charge is -2.13. The number of benzene rings is 2. The number of rotatable bonds is 4.